The van der Waals surface area contributed by atoms with Gasteiger partial charge in [-0.3, -0.25) is 0 Å². The highest BCUT2D eigenvalue weighted by Gasteiger charge is 2.18. The zero-order chi connectivity index (χ0) is 13.1. The van der Waals surface area contributed by atoms with Gasteiger partial charge < -0.3 is 16.1 Å². The van der Waals surface area contributed by atoms with Crippen molar-refractivity contribution in [2.75, 3.05) is 44.4 Å². The summed E-state index contributed by atoms with van der Waals surface area (Å²) in [6, 6.07) is 0. The predicted molar refractivity (Wildman–Crippen MR) is 73.2 cm³/mol. The molecule has 1 aliphatic rings. The fourth-order valence-corrected chi connectivity index (χ4v) is 2.14. The number of aromatic nitrogens is 2. The van der Waals surface area contributed by atoms with E-state index in [0.29, 0.717) is 11.7 Å². The molecule has 3 N–H and O–H groups in total. The van der Waals surface area contributed by atoms with E-state index in [9.17, 15) is 0 Å². The van der Waals surface area contributed by atoms with E-state index in [0.717, 1.165) is 37.6 Å². The molecule has 0 bridgehead atoms. The molecule has 100 valence electrons. The van der Waals surface area contributed by atoms with E-state index in [-0.39, 0.29) is 0 Å². The molecule has 0 unspecified atom stereocenters. The van der Waals surface area contributed by atoms with Crippen molar-refractivity contribution in [2.45, 2.75) is 19.8 Å². The van der Waals surface area contributed by atoms with Gasteiger partial charge in [0.25, 0.3) is 0 Å². The van der Waals surface area contributed by atoms with Gasteiger partial charge in [0.15, 0.2) is 0 Å². The van der Waals surface area contributed by atoms with E-state index < -0.39 is 0 Å². The van der Waals surface area contributed by atoms with Crippen molar-refractivity contribution in [2.24, 2.45) is 0 Å². The van der Waals surface area contributed by atoms with Crippen LogP contribution >= 0.6 is 0 Å². The van der Waals surface area contributed by atoms with E-state index in [2.05, 4.69) is 46.2 Å². The monoisotopic (exact) mass is 250 g/mol. The number of nitrogen functional groups attached to an aromatic ring is 1. The molecule has 0 spiro atoms. The first-order chi connectivity index (χ1) is 8.58. The number of hydrazine groups is 1. The third-order valence-corrected chi connectivity index (χ3v) is 3.26. The van der Waals surface area contributed by atoms with E-state index in [4.69, 9.17) is 5.73 Å². The van der Waals surface area contributed by atoms with Gasteiger partial charge in [-0.25, -0.2) is 15.0 Å². The molecule has 1 aromatic rings. The van der Waals surface area contributed by atoms with Gasteiger partial charge in [0.05, 0.1) is 0 Å². The molecule has 0 aliphatic carbocycles. The summed E-state index contributed by atoms with van der Waals surface area (Å²) in [5.41, 5.74) is 10.3. The first-order valence-corrected chi connectivity index (χ1v) is 6.38. The average Bonchev–Trinajstić information content (AvgIpc) is 2.32. The fourth-order valence-electron chi connectivity index (χ4n) is 2.14. The molecule has 18 heavy (non-hydrogen) atoms. The normalized spacial score (nSPS) is 18.2. The number of nitrogens with zero attached hydrogens (tertiary/aromatic N) is 4. The largest absolute Gasteiger partial charge is 0.383 e. The summed E-state index contributed by atoms with van der Waals surface area (Å²) in [4.78, 5) is 10.7. The summed E-state index contributed by atoms with van der Waals surface area (Å²) in [7, 11) is 2.14. The topological polar surface area (TPSA) is 70.3 Å². The summed E-state index contributed by atoms with van der Waals surface area (Å²) >= 11 is 0. The van der Waals surface area contributed by atoms with Crippen molar-refractivity contribution in [3.63, 3.8) is 0 Å². The van der Waals surface area contributed by atoms with Gasteiger partial charge in [0, 0.05) is 31.7 Å². The first kappa shape index (κ1) is 13.0. The third-order valence-electron chi connectivity index (χ3n) is 3.26. The van der Waals surface area contributed by atoms with Crippen LogP contribution in [-0.4, -0.2) is 53.1 Å². The molecule has 6 heteroatoms. The number of rotatable bonds is 3. The second kappa shape index (κ2) is 5.49. The summed E-state index contributed by atoms with van der Waals surface area (Å²) in [5.74, 6) is 1.71. The van der Waals surface area contributed by atoms with E-state index >= 15 is 0 Å². The van der Waals surface area contributed by atoms with Crippen molar-refractivity contribution in [1.29, 1.82) is 0 Å². The molecule has 1 fully saturated rings. The molecule has 0 atom stereocenters. The van der Waals surface area contributed by atoms with Crippen molar-refractivity contribution < 1.29 is 0 Å². The maximum atomic E-state index is 5.93. The molecular weight excluding hydrogens is 228 g/mol. The molecule has 1 aliphatic heterocycles. The van der Waals surface area contributed by atoms with Gasteiger partial charge in [0.1, 0.15) is 18.0 Å². The van der Waals surface area contributed by atoms with Gasteiger partial charge in [0.2, 0.25) is 0 Å². The number of likely N-dealkylation sites (N-methyl/N-ethyl adjacent to an activating group) is 1. The molecule has 2 heterocycles. The second-order valence-corrected chi connectivity index (χ2v) is 5.08. The predicted octanol–water partition coefficient (Wildman–Crippen LogP) is 0.757. The van der Waals surface area contributed by atoms with Crippen LogP contribution in [0.3, 0.4) is 0 Å². The zero-order valence-electron chi connectivity index (χ0n) is 11.3. The average molecular weight is 250 g/mol. The summed E-state index contributed by atoms with van der Waals surface area (Å²) in [6.45, 7) is 8.29. The smallest absolute Gasteiger partial charge is 0.149 e. The van der Waals surface area contributed by atoms with Gasteiger partial charge >= 0.3 is 0 Å². The quantitative estimate of drug-likeness (QED) is 0.825. The number of piperazine rings is 1. The lowest BCUT2D eigenvalue weighted by Crippen LogP contribution is -2.47. The molecule has 1 saturated heterocycles. The van der Waals surface area contributed by atoms with Crippen molar-refractivity contribution in [1.82, 2.24) is 19.9 Å². The number of anilines is 2. The maximum Gasteiger partial charge on any atom is 0.149 e. The summed E-state index contributed by atoms with van der Waals surface area (Å²) in [6.07, 6.45) is 1.51. The van der Waals surface area contributed by atoms with Crippen molar-refractivity contribution in [3.05, 3.63) is 11.9 Å². The minimum Gasteiger partial charge on any atom is -0.383 e. The van der Waals surface area contributed by atoms with Crippen molar-refractivity contribution in [3.8, 4) is 0 Å². The van der Waals surface area contributed by atoms with Crippen LogP contribution in [0.2, 0.25) is 0 Å². The second-order valence-electron chi connectivity index (χ2n) is 5.08. The Morgan fingerprint density at radius 1 is 1.22 bits per heavy atom. The highest BCUT2D eigenvalue weighted by atomic mass is 15.5. The lowest BCUT2D eigenvalue weighted by atomic mass is 10.1. The molecule has 0 aromatic carbocycles. The van der Waals surface area contributed by atoms with Crippen LogP contribution in [-0.2, 0) is 0 Å². The highest BCUT2D eigenvalue weighted by molar-refractivity contribution is 5.56. The van der Waals surface area contributed by atoms with Crippen LogP contribution < -0.4 is 11.2 Å². The van der Waals surface area contributed by atoms with Gasteiger partial charge in [-0.15, -0.1) is 0 Å². The van der Waals surface area contributed by atoms with Crippen LogP contribution in [0.5, 0.6) is 0 Å². The van der Waals surface area contributed by atoms with Crippen LogP contribution in [0.4, 0.5) is 11.6 Å². The highest BCUT2D eigenvalue weighted by Crippen LogP contribution is 2.26. The lowest BCUT2D eigenvalue weighted by molar-refractivity contribution is 0.178. The molecule has 0 amide bonds. The van der Waals surface area contributed by atoms with Crippen LogP contribution in [0, 0.1) is 0 Å². The van der Waals surface area contributed by atoms with Crippen molar-refractivity contribution >= 4 is 11.6 Å². The number of nitrogens with two attached hydrogens (primary N) is 1. The maximum absolute atomic E-state index is 5.93. The SMILES string of the molecule is CC(C)c1c(N)ncnc1NN1CCN(C)CC1. The van der Waals surface area contributed by atoms with Crippen LogP contribution in [0.25, 0.3) is 0 Å². The Morgan fingerprint density at radius 2 is 1.89 bits per heavy atom. The standard InChI is InChI=1S/C12H22N6/c1-9(2)10-11(13)14-8-15-12(10)16-18-6-4-17(3)5-7-18/h8-9H,4-7H2,1-3H3,(H3,13,14,15,16). The molecule has 2 rings (SSSR count). The lowest BCUT2D eigenvalue weighted by Gasteiger charge is -2.33. The Morgan fingerprint density at radius 3 is 2.50 bits per heavy atom. The first-order valence-electron chi connectivity index (χ1n) is 6.38. The zero-order valence-corrected chi connectivity index (χ0v) is 11.3. The minimum absolute atomic E-state index is 0.307. The number of hydrogen-bond acceptors (Lipinski definition) is 6. The Labute approximate surface area is 108 Å². The Hall–Kier alpha value is -1.40. The van der Waals surface area contributed by atoms with E-state index in [1.807, 2.05) is 0 Å². The molecule has 1 aromatic heterocycles. The number of nitrogens with one attached hydrogen (secondary N) is 1. The van der Waals surface area contributed by atoms with Gasteiger partial charge in [-0.05, 0) is 13.0 Å². The summed E-state index contributed by atoms with van der Waals surface area (Å²) < 4.78 is 0. The molecule has 0 saturated carbocycles. The molecular formula is C12H22N6. The Kier molecular flexibility index (Phi) is 3.98. The van der Waals surface area contributed by atoms with Crippen LogP contribution in [0.1, 0.15) is 25.3 Å². The fraction of sp³-hybridized carbons (Fsp3) is 0.667. The molecule has 0 radical (unpaired) electrons. The van der Waals surface area contributed by atoms with Gasteiger partial charge in [-0.1, -0.05) is 13.8 Å². The Balaban J connectivity index is 2.11. The van der Waals surface area contributed by atoms with E-state index in [1.54, 1.807) is 0 Å². The Bertz CT molecular complexity index is 398. The molecule has 6 nitrogen and oxygen atoms in total. The number of hydrogen-bond donors (Lipinski definition) is 2. The van der Waals surface area contributed by atoms with E-state index in [1.165, 1.54) is 6.33 Å². The van der Waals surface area contributed by atoms with Crippen LogP contribution in [0.15, 0.2) is 6.33 Å². The van der Waals surface area contributed by atoms with Gasteiger partial charge in [-0.2, -0.15) is 0 Å². The minimum atomic E-state index is 0.307. The summed E-state index contributed by atoms with van der Waals surface area (Å²) in [5, 5.41) is 2.19. The third kappa shape index (κ3) is 2.88.